The fraction of sp³-hybridized carbons (Fsp3) is 0.0435. The molecule has 3 aromatic carbocycles. The van der Waals surface area contributed by atoms with E-state index in [0.717, 1.165) is 16.3 Å². The third-order valence-corrected chi connectivity index (χ3v) is 4.67. The second kappa shape index (κ2) is 8.40. The summed E-state index contributed by atoms with van der Waals surface area (Å²) in [5.41, 5.74) is 1.91. The molecule has 0 aliphatic rings. The number of fused-ring (bicyclic) bond motifs is 1. The van der Waals surface area contributed by atoms with Crippen LogP contribution in [-0.2, 0) is 6.54 Å². The van der Waals surface area contributed by atoms with Crippen molar-refractivity contribution in [1.29, 1.82) is 0 Å². The van der Waals surface area contributed by atoms with Crippen molar-refractivity contribution in [2.75, 3.05) is 10.6 Å². The molecular weight excluding hydrogens is 380 g/mol. The van der Waals surface area contributed by atoms with Crippen LogP contribution in [0.4, 0.5) is 17.1 Å². The van der Waals surface area contributed by atoms with Crippen LogP contribution >= 0.6 is 0 Å². The van der Waals surface area contributed by atoms with Gasteiger partial charge in [0.15, 0.2) is 0 Å². The summed E-state index contributed by atoms with van der Waals surface area (Å²) in [5, 5.41) is 19.4. The van der Waals surface area contributed by atoms with Crippen molar-refractivity contribution in [3.8, 4) is 0 Å². The second-order valence-electron chi connectivity index (χ2n) is 6.72. The number of hydrogen-bond acceptors (Lipinski definition) is 5. The van der Waals surface area contributed by atoms with Crippen molar-refractivity contribution in [3.63, 3.8) is 0 Å². The number of carbonyl (C=O) groups excluding carboxylic acids is 1. The van der Waals surface area contributed by atoms with Crippen LogP contribution in [0.15, 0.2) is 85.2 Å². The molecule has 1 amide bonds. The number of nitrogens with zero attached hydrogens (tertiary/aromatic N) is 2. The van der Waals surface area contributed by atoms with Gasteiger partial charge in [-0.25, -0.2) is 0 Å². The van der Waals surface area contributed by atoms with Crippen molar-refractivity contribution < 1.29 is 9.72 Å². The molecule has 7 heteroatoms. The molecule has 0 atom stereocenters. The molecule has 7 nitrogen and oxygen atoms in total. The normalized spacial score (nSPS) is 10.5. The van der Waals surface area contributed by atoms with E-state index in [1.165, 1.54) is 6.07 Å². The smallest absolute Gasteiger partial charge is 0.293 e. The number of amides is 1. The lowest BCUT2D eigenvalue weighted by Crippen LogP contribution is -2.13. The van der Waals surface area contributed by atoms with Crippen LogP contribution in [0.3, 0.4) is 0 Å². The average molecular weight is 398 g/mol. The summed E-state index contributed by atoms with van der Waals surface area (Å²) in [5.74, 6) is -0.410. The van der Waals surface area contributed by atoms with Gasteiger partial charge in [-0.2, -0.15) is 0 Å². The highest BCUT2D eigenvalue weighted by Crippen LogP contribution is 2.27. The Balaban J connectivity index is 1.53. The van der Waals surface area contributed by atoms with Gasteiger partial charge in [0.1, 0.15) is 5.69 Å². The van der Waals surface area contributed by atoms with E-state index >= 15 is 0 Å². The van der Waals surface area contributed by atoms with E-state index in [2.05, 4.69) is 15.6 Å². The van der Waals surface area contributed by atoms with E-state index in [1.807, 2.05) is 42.5 Å². The maximum absolute atomic E-state index is 12.7. The summed E-state index contributed by atoms with van der Waals surface area (Å²) < 4.78 is 0. The molecule has 0 spiro atoms. The molecule has 0 unspecified atom stereocenters. The largest absolute Gasteiger partial charge is 0.375 e. The van der Waals surface area contributed by atoms with Gasteiger partial charge in [-0.15, -0.1) is 0 Å². The minimum absolute atomic E-state index is 0.162. The molecule has 0 saturated carbocycles. The third-order valence-electron chi connectivity index (χ3n) is 4.67. The fourth-order valence-corrected chi connectivity index (χ4v) is 3.14. The van der Waals surface area contributed by atoms with Crippen molar-refractivity contribution in [2.45, 2.75) is 6.54 Å². The molecule has 0 bridgehead atoms. The molecule has 0 saturated heterocycles. The highest BCUT2D eigenvalue weighted by atomic mass is 16.6. The van der Waals surface area contributed by atoms with E-state index in [9.17, 15) is 14.9 Å². The van der Waals surface area contributed by atoms with E-state index in [0.29, 0.717) is 17.9 Å². The van der Waals surface area contributed by atoms with Crippen LogP contribution in [0, 0.1) is 10.1 Å². The number of nitro groups is 1. The zero-order chi connectivity index (χ0) is 20.9. The van der Waals surface area contributed by atoms with Crippen LogP contribution < -0.4 is 10.6 Å². The van der Waals surface area contributed by atoms with E-state index < -0.39 is 10.8 Å². The summed E-state index contributed by atoms with van der Waals surface area (Å²) in [6.07, 6.45) is 3.35. The number of nitrogens with one attached hydrogen (secondary N) is 2. The zero-order valence-corrected chi connectivity index (χ0v) is 15.9. The molecule has 0 aliphatic heterocycles. The minimum Gasteiger partial charge on any atom is -0.375 e. The van der Waals surface area contributed by atoms with E-state index in [-0.39, 0.29) is 11.3 Å². The molecule has 0 radical (unpaired) electrons. The van der Waals surface area contributed by atoms with E-state index in [1.54, 1.807) is 36.7 Å². The average Bonchev–Trinajstić information content (AvgIpc) is 2.78. The summed E-state index contributed by atoms with van der Waals surface area (Å²) in [7, 11) is 0. The van der Waals surface area contributed by atoms with Crippen molar-refractivity contribution in [3.05, 3.63) is 106 Å². The first-order valence-electron chi connectivity index (χ1n) is 9.31. The molecule has 0 fully saturated rings. The first-order chi connectivity index (χ1) is 14.6. The topological polar surface area (TPSA) is 97.2 Å². The molecule has 4 rings (SSSR count). The lowest BCUT2D eigenvalue weighted by atomic mass is 10.1. The number of hydrogen-bond donors (Lipinski definition) is 2. The summed E-state index contributed by atoms with van der Waals surface area (Å²) in [6.45, 7) is 0.386. The molecule has 1 aromatic heterocycles. The summed E-state index contributed by atoms with van der Waals surface area (Å²) in [6, 6.07) is 21.5. The lowest BCUT2D eigenvalue weighted by Gasteiger charge is -2.10. The number of pyridine rings is 1. The van der Waals surface area contributed by atoms with Gasteiger partial charge >= 0.3 is 0 Å². The van der Waals surface area contributed by atoms with Gasteiger partial charge < -0.3 is 10.6 Å². The van der Waals surface area contributed by atoms with Gasteiger partial charge in [0.2, 0.25) is 0 Å². The molecule has 4 aromatic rings. The predicted octanol–water partition coefficient (Wildman–Crippen LogP) is 5.01. The summed E-state index contributed by atoms with van der Waals surface area (Å²) >= 11 is 0. The fourth-order valence-electron chi connectivity index (χ4n) is 3.14. The summed E-state index contributed by atoms with van der Waals surface area (Å²) in [4.78, 5) is 27.7. The monoisotopic (exact) mass is 398 g/mol. The molecule has 148 valence electrons. The minimum atomic E-state index is -0.502. The number of nitro benzene ring substituents is 1. The Labute approximate surface area is 172 Å². The van der Waals surface area contributed by atoms with Crippen LogP contribution in [0.1, 0.15) is 15.9 Å². The van der Waals surface area contributed by atoms with Gasteiger partial charge in [-0.1, -0.05) is 36.4 Å². The van der Waals surface area contributed by atoms with Crippen LogP contribution in [-0.4, -0.2) is 15.8 Å². The van der Waals surface area contributed by atoms with Gasteiger partial charge in [0.05, 0.1) is 4.92 Å². The van der Waals surface area contributed by atoms with Crippen molar-refractivity contribution in [1.82, 2.24) is 4.98 Å². The van der Waals surface area contributed by atoms with Gasteiger partial charge in [0, 0.05) is 36.3 Å². The first-order valence-corrected chi connectivity index (χ1v) is 9.31. The SMILES string of the molecule is O=C(Nc1ccc2ccccc2c1)c1ccc(NCc2cccnc2)c([N+](=O)[O-])c1. The van der Waals surface area contributed by atoms with Crippen LogP contribution in [0.2, 0.25) is 0 Å². The highest BCUT2D eigenvalue weighted by molar-refractivity contribution is 6.06. The molecule has 0 aliphatic carbocycles. The van der Waals surface area contributed by atoms with Crippen molar-refractivity contribution >= 4 is 33.7 Å². The first kappa shape index (κ1) is 19.1. The third kappa shape index (κ3) is 4.25. The number of carbonyl (C=O) groups is 1. The van der Waals surface area contributed by atoms with Crippen molar-refractivity contribution in [2.24, 2.45) is 0 Å². The Morgan fingerprint density at radius 3 is 2.57 bits per heavy atom. The Hall–Kier alpha value is -4.26. The second-order valence-corrected chi connectivity index (χ2v) is 6.72. The van der Waals surface area contributed by atoms with Crippen LogP contribution in [0.25, 0.3) is 10.8 Å². The molecule has 2 N–H and O–H groups in total. The number of anilines is 2. The van der Waals surface area contributed by atoms with Gasteiger partial charge in [-0.05, 0) is 46.7 Å². The maximum atomic E-state index is 12.7. The molecule has 30 heavy (non-hydrogen) atoms. The van der Waals surface area contributed by atoms with Crippen LogP contribution in [0.5, 0.6) is 0 Å². The number of aromatic nitrogens is 1. The standard InChI is InChI=1S/C23H18N4O3/c28-23(26-20-9-7-17-5-1-2-6-18(17)12-20)19-8-10-21(22(13-19)27(29)30)25-15-16-4-3-11-24-14-16/h1-14,25H,15H2,(H,26,28). The molecular formula is C23H18N4O3. The van der Waals surface area contributed by atoms with Gasteiger partial charge in [0.25, 0.3) is 11.6 Å². The Morgan fingerprint density at radius 2 is 1.80 bits per heavy atom. The highest BCUT2D eigenvalue weighted by Gasteiger charge is 2.18. The molecule has 1 heterocycles. The quantitative estimate of drug-likeness (QED) is 0.352. The Bertz CT molecular complexity index is 1230. The number of rotatable bonds is 6. The Morgan fingerprint density at radius 1 is 0.967 bits per heavy atom. The maximum Gasteiger partial charge on any atom is 0.293 e. The predicted molar refractivity (Wildman–Crippen MR) is 117 cm³/mol. The van der Waals surface area contributed by atoms with Gasteiger partial charge in [-0.3, -0.25) is 19.9 Å². The van der Waals surface area contributed by atoms with E-state index in [4.69, 9.17) is 0 Å². The number of benzene rings is 3. The zero-order valence-electron chi connectivity index (χ0n) is 15.9. The lowest BCUT2D eigenvalue weighted by molar-refractivity contribution is -0.384. The Kier molecular flexibility index (Phi) is 5.34.